The second kappa shape index (κ2) is 23.4. The van der Waals surface area contributed by atoms with Crippen LogP contribution in [0.15, 0.2) is 24.3 Å². The minimum atomic E-state index is -2.17. The molecule has 0 amide bonds. The van der Waals surface area contributed by atoms with Crippen LogP contribution < -0.4 is 0 Å². The summed E-state index contributed by atoms with van der Waals surface area (Å²) in [5.74, 6) is 0.403. The molecule has 0 aromatic heterocycles. The predicted octanol–water partition coefficient (Wildman–Crippen LogP) is -7.15. The fourth-order valence-corrected chi connectivity index (χ4v) is 0.810. The summed E-state index contributed by atoms with van der Waals surface area (Å²) >= 11 is 2.02. The monoisotopic (exact) mass is 362 g/mol. The molecule has 0 bridgehead atoms. The van der Waals surface area contributed by atoms with Gasteiger partial charge in [-0.1, -0.05) is 0 Å². The second-order valence-corrected chi connectivity index (χ2v) is 3.37. The number of hydrogen-bond donors (Lipinski definition) is 13. The van der Waals surface area contributed by atoms with Crippen LogP contribution in [0, 0.1) is 0 Å². The Morgan fingerprint density at radius 1 is 0.600 bits per heavy atom. The van der Waals surface area contributed by atoms with Gasteiger partial charge < -0.3 is 60.3 Å². The maximum absolute atomic E-state index is 9.11. The van der Waals surface area contributed by atoms with Crippen LogP contribution in [-0.4, -0.2) is 112 Å². The Bertz CT molecular complexity index is 337. The topological polar surface area (TPSA) is 263 Å². The molecule has 1 aromatic carbocycles. The first kappa shape index (κ1) is 32.1. The molecule has 13 N–H and O–H groups in total. The van der Waals surface area contributed by atoms with Gasteiger partial charge in [-0.15, -0.1) is 0 Å². The van der Waals surface area contributed by atoms with Gasteiger partial charge in [-0.25, -0.2) is 0 Å². The van der Waals surface area contributed by atoms with Crippen LogP contribution in [0.1, 0.15) is 5.56 Å². The molecule has 0 fully saturated rings. The average Bonchev–Trinajstić information content (AvgIpc) is 2.36. The van der Waals surface area contributed by atoms with Crippen molar-refractivity contribution in [1.82, 2.24) is 0 Å². The molecule has 0 atom stereocenters. The summed E-state index contributed by atoms with van der Waals surface area (Å²) in [6, 6.07) is 7.39. The van der Waals surface area contributed by atoms with Gasteiger partial charge in [0.25, 0.3) is 0 Å². The van der Waals surface area contributed by atoms with Crippen LogP contribution in [0.4, 0.5) is 0 Å². The summed E-state index contributed by atoms with van der Waals surface area (Å²) in [6.07, 6.45) is 0. The van der Waals surface area contributed by atoms with Crippen molar-refractivity contribution in [3.8, 4) is 5.75 Å². The van der Waals surface area contributed by atoms with E-state index in [1.165, 1.54) is 0 Å². The summed E-state index contributed by atoms with van der Waals surface area (Å²) in [6.45, 7) is 0. The van der Waals surface area contributed by atoms with Crippen LogP contribution in [0.3, 0.4) is 0 Å². The fourth-order valence-electron chi connectivity index (χ4n) is 0.810. The Morgan fingerprint density at radius 2 is 0.840 bits per heavy atom. The molecule has 0 heterocycles. The molecule has 0 aliphatic rings. The third-order valence-corrected chi connectivity index (χ3v) is 1.37. The molecule has 0 saturated carbocycles. The molecule has 0 saturated heterocycles. The number of benzene rings is 1. The molecule has 0 radical (unpaired) electrons. The fraction of sp³-hybridized carbons (Fsp3) is 0.143. The van der Waals surface area contributed by atoms with E-state index >= 15 is 0 Å². The summed E-state index contributed by atoms with van der Waals surface area (Å²) in [7, 11) is -8.67. The average molecular weight is 361 g/mol. The number of phenolic OH excluding ortho intramolecular Hbond substituents is 1. The normalized spacial score (nSPS) is 7.76. The summed E-state index contributed by atoms with van der Waals surface area (Å²) in [5.41, 5.74) is 1.01. The SMILES string of the molecule is OB(O)O.OB(O)O.OB(O)O.OB(O)O.[Li][CH2]c1ccccc1O. The van der Waals surface area contributed by atoms with Crippen molar-refractivity contribution in [3.05, 3.63) is 29.8 Å². The molecule has 1 aromatic rings. The van der Waals surface area contributed by atoms with E-state index in [2.05, 4.69) is 0 Å². The van der Waals surface area contributed by atoms with Crippen molar-refractivity contribution in [1.29, 1.82) is 0 Å². The van der Waals surface area contributed by atoms with Gasteiger partial charge in [-0.2, -0.15) is 0 Å². The second-order valence-electron chi connectivity index (χ2n) is 3.37. The quantitative estimate of drug-likeness (QED) is 0.207. The number of aromatic hydroxyl groups is 1. The van der Waals surface area contributed by atoms with Crippen molar-refractivity contribution in [2.24, 2.45) is 0 Å². The van der Waals surface area contributed by atoms with Crippen LogP contribution in [0.2, 0.25) is 0 Å². The van der Waals surface area contributed by atoms with E-state index in [9.17, 15) is 0 Å². The predicted molar refractivity (Wildman–Crippen MR) is 87.2 cm³/mol. The van der Waals surface area contributed by atoms with Crippen LogP contribution in [0.5, 0.6) is 5.75 Å². The Morgan fingerprint density at radius 3 is 1.00 bits per heavy atom. The number of phenols is 1. The van der Waals surface area contributed by atoms with Gasteiger partial charge in [-0.05, 0) is 0 Å². The summed E-state index contributed by atoms with van der Waals surface area (Å²) in [4.78, 5) is 0. The summed E-state index contributed by atoms with van der Waals surface area (Å²) in [5, 5.41) is 96.0. The Kier molecular flexibility index (Phi) is 30.0. The Labute approximate surface area is 153 Å². The molecule has 0 aliphatic carbocycles. The van der Waals surface area contributed by atoms with Gasteiger partial charge in [0, 0.05) is 0 Å². The molecule has 1 rings (SSSR count). The van der Waals surface area contributed by atoms with E-state index in [1.807, 2.05) is 35.9 Å². The van der Waals surface area contributed by atoms with Gasteiger partial charge in [0.15, 0.2) is 0 Å². The van der Waals surface area contributed by atoms with Crippen LogP contribution in [-0.2, 0) is 5.09 Å². The Hall–Kier alpha value is -0.603. The van der Waals surface area contributed by atoms with Crippen molar-refractivity contribution in [2.45, 2.75) is 5.09 Å². The van der Waals surface area contributed by atoms with E-state index in [0.29, 0.717) is 5.75 Å². The molecule has 0 spiro atoms. The number of para-hydroxylation sites is 1. The van der Waals surface area contributed by atoms with Crippen molar-refractivity contribution >= 4 is 47.0 Å². The zero-order valence-corrected chi connectivity index (χ0v) is 13.1. The standard InChI is InChI=1S/C7H7O.4BH3O3.Li/c1-6-4-2-3-5-7(6)8;4*2-1(3)4;/h2-5,8H,1H2;4*2-4H;. The molecule has 18 heteroatoms. The first-order valence-electron chi connectivity index (χ1n) is 6.21. The molecule has 138 valence electrons. The number of rotatable bonds is 1. The first-order chi connectivity index (χ1) is 11.3. The maximum atomic E-state index is 9.11. The Balaban J connectivity index is -0.000000119. The molecule has 0 aliphatic heterocycles. The van der Waals surface area contributed by atoms with Gasteiger partial charge >= 0.3 is 92.8 Å². The van der Waals surface area contributed by atoms with Gasteiger partial charge in [-0.3, -0.25) is 0 Å². The van der Waals surface area contributed by atoms with E-state index in [-0.39, 0.29) is 0 Å². The number of hydrogen-bond acceptors (Lipinski definition) is 13. The summed E-state index contributed by atoms with van der Waals surface area (Å²) < 4.78 is 0. The molecule has 25 heavy (non-hydrogen) atoms. The zero-order chi connectivity index (χ0) is 21.0. The molecule has 13 nitrogen and oxygen atoms in total. The van der Waals surface area contributed by atoms with Gasteiger partial charge in [0.1, 0.15) is 0 Å². The van der Waals surface area contributed by atoms with Gasteiger partial charge in [0.05, 0.1) is 0 Å². The molecule has 0 unspecified atom stereocenters. The van der Waals surface area contributed by atoms with Crippen molar-refractivity contribution in [2.75, 3.05) is 0 Å². The van der Waals surface area contributed by atoms with Crippen LogP contribution >= 0.6 is 0 Å². The van der Waals surface area contributed by atoms with E-state index in [0.717, 1.165) is 10.7 Å². The molecular weight excluding hydrogens is 342 g/mol. The van der Waals surface area contributed by atoms with Crippen LogP contribution in [0.25, 0.3) is 0 Å². The zero-order valence-electron chi connectivity index (χ0n) is 13.1. The first-order valence-corrected chi connectivity index (χ1v) is 6.21. The van der Waals surface area contributed by atoms with E-state index < -0.39 is 29.3 Å². The van der Waals surface area contributed by atoms with E-state index in [1.54, 1.807) is 6.07 Å². The third kappa shape index (κ3) is 69.7. The minimum absolute atomic E-state index is 0.403. The van der Waals surface area contributed by atoms with E-state index in [4.69, 9.17) is 65.4 Å². The van der Waals surface area contributed by atoms with Gasteiger partial charge in [0.2, 0.25) is 0 Å². The third-order valence-electron chi connectivity index (χ3n) is 1.37. The van der Waals surface area contributed by atoms with Crippen molar-refractivity contribution in [3.63, 3.8) is 0 Å². The van der Waals surface area contributed by atoms with Crippen molar-refractivity contribution < 1.29 is 65.4 Å². The molecular formula is C7H19B4LiO13.